The van der Waals surface area contributed by atoms with Gasteiger partial charge in [0.15, 0.2) is 5.96 Å². The first-order chi connectivity index (χ1) is 12.5. The average Bonchev–Trinajstić information content (AvgIpc) is 3.13. The quantitative estimate of drug-likeness (QED) is 0.487. The molecule has 2 aromatic rings. The SMILES string of the molecule is CCNC(=NCc1nc(C(C)C)cs1)NCC(O)c1cccc(OC)c1. The van der Waals surface area contributed by atoms with Gasteiger partial charge in [-0.2, -0.15) is 0 Å². The van der Waals surface area contributed by atoms with Gasteiger partial charge >= 0.3 is 0 Å². The van der Waals surface area contributed by atoms with Crippen LogP contribution in [0, 0.1) is 0 Å². The first-order valence-corrected chi connectivity index (χ1v) is 9.70. The van der Waals surface area contributed by atoms with Crippen molar-refractivity contribution in [3.05, 3.63) is 45.9 Å². The number of nitrogens with zero attached hydrogens (tertiary/aromatic N) is 2. The fraction of sp³-hybridized carbons (Fsp3) is 0.474. The van der Waals surface area contributed by atoms with Gasteiger partial charge in [-0.15, -0.1) is 11.3 Å². The molecular formula is C19H28N4O2S. The summed E-state index contributed by atoms with van der Waals surface area (Å²) >= 11 is 1.63. The molecule has 1 heterocycles. The first-order valence-electron chi connectivity index (χ1n) is 8.82. The van der Waals surface area contributed by atoms with Gasteiger partial charge in [-0.05, 0) is 30.5 Å². The van der Waals surface area contributed by atoms with Crippen LogP contribution in [0.15, 0.2) is 34.6 Å². The number of ether oxygens (including phenoxy) is 1. The van der Waals surface area contributed by atoms with Crippen molar-refractivity contribution in [1.82, 2.24) is 15.6 Å². The molecule has 1 atom stereocenters. The number of benzene rings is 1. The Labute approximate surface area is 159 Å². The van der Waals surface area contributed by atoms with Gasteiger partial charge < -0.3 is 20.5 Å². The molecule has 2 rings (SSSR count). The summed E-state index contributed by atoms with van der Waals surface area (Å²) in [6, 6.07) is 7.43. The Balaban J connectivity index is 1.95. The number of aliphatic imine (C=N–C) groups is 1. The number of aliphatic hydroxyl groups excluding tert-OH is 1. The molecular weight excluding hydrogens is 348 g/mol. The van der Waals surface area contributed by atoms with E-state index in [1.54, 1.807) is 18.4 Å². The van der Waals surface area contributed by atoms with Crippen LogP contribution in [0.2, 0.25) is 0 Å². The minimum Gasteiger partial charge on any atom is -0.497 e. The molecule has 0 radical (unpaired) electrons. The Morgan fingerprint density at radius 3 is 2.81 bits per heavy atom. The Bertz CT molecular complexity index is 715. The van der Waals surface area contributed by atoms with Gasteiger partial charge in [0.2, 0.25) is 0 Å². The summed E-state index contributed by atoms with van der Waals surface area (Å²) in [6.45, 7) is 7.89. The number of thiazole rings is 1. The average molecular weight is 377 g/mol. The molecule has 0 aliphatic rings. The van der Waals surface area contributed by atoms with Crippen molar-refractivity contribution in [1.29, 1.82) is 0 Å². The Morgan fingerprint density at radius 2 is 2.15 bits per heavy atom. The summed E-state index contributed by atoms with van der Waals surface area (Å²) in [5, 5.41) is 19.8. The van der Waals surface area contributed by atoms with E-state index in [-0.39, 0.29) is 0 Å². The maximum Gasteiger partial charge on any atom is 0.191 e. The fourth-order valence-electron chi connectivity index (χ4n) is 2.31. The number of guanidine groups is 1. The zero-order chi connectivity index (χ0) is 18.9. The van der Waals surface area contributed by atoms with E-state index in [1.165, 1.54) is 0 Å². The van der Waals surface area contributed by atoms with E-state index in [0.717, 1.165) is 28.6 Å². The third-order valence-corrected chi connectivity index (χ3v) is 4.67. The Kier molecular flexibility index (Phi) is 7.87. The van der Waals surface area contributed by atoms with Crippen LogP contribution in [0.5, 0.6) is 5.75 Å². The van der Waals surface area contributed by atoms with Gasteiger partial charge in [-0.3, -0.25) is 0 Å². The molecule has 0 aliphatic carbocycles. The molecule has 0 aliphatic heterocycles. The smallest absolute Gasteiger partial charge is 0.191 e. The highest BCUT2D eigenvalue weighted by atomic mass is 32.1. The standard InChI is InChI=1S/C19H28N4O2S/c1-5-20-19(22-11-18-23-16(12-26-18)13(2)3)21-10-17(24)14-7-6-8-15(9-14)25-4/h6-9,12-13,17,24H,5,10-11H2,1-4H3,(H2,20,21,22). The van der Waals surface area contributed by atoms with E-state index in [0.29, 0.717) is 25.0 Å². The Hall–Kier alpha value is -2.12. The van der Waals surface area contributed by atoms with Gasteiger partial charge in [0.1, 0.15) is 10.8 Å². The molecule has 7 heteroatoms. The number of methoxy groups -OCH3 is 1. The van der Waals surface area contributed by atoms with Crippen LogP contribution in [-0.2, 0) is 6.54 Å². The zero-order valence-corrected chi connectivity index (χ0v) is 16.6. The normalized spacial score (nSPS) is 12.9. The number of aromatic nitrogens is 1. The molecule has 0 fully saturated rings. The van der Waals surface area contributed by atoms with E-state index >= 15 is 0 Å². The van der Waals surface area contributed by atoms with Crippen LogP contribution in [0.3, 0.4) is 0 Å². The predicted octanol–water partition coefficient (Wildman–Crippen LogP) is 3.06. The van der Waals surface area contributed by atoms with E-state index in [1.807, 2.05) is 31.2 Å². The molecule has 0 saturated carbocycles. The second-order valence-electron chi connectivity index (χ2n) is 6.19. The van der Waals surface area contributed by atoms with Crippen molar-refractivity contribution in [2.75, 3.05) is 20.2 Å². The highest BCUT2D eigenvalue weighted by molar-refractivity contribution is 7.09. The molecule has 142 valence electrons. The zero-order valence-electron chi connectivity index (χ0n) is 15.8. The van der Waals surface area contributed by atoms with E-state index in [9.17, 15) is 5.11 Å². The van der Waals surface area contributed by atoms with Crippen molar-refractivity contribution < 1.29 is 9.84 Å². The molecule has 1 aromatic heterocycles. The van der Waals surface area contributed by atoms with Crippen LogP contribution in [0.4, 0.5) is 0 Å². The van der Waals surface area contributed by atoms with Crippen molar-refractivity contribution in [2.45, 2.75) is 39.3 Å². The summed E-state index contributed by atoms with van der Waals surface area (Å²) < 4.78 is 5.20. The fourth-order valence-corrected chi connectivity index (χ4v) is 3.19. The molecule has 1 unspecified atom stereocenters. The second-order valence-corrected chi connectivity index (χ2v) is 7.13. The van der Waals surface area contributed by atoms with Gasteiger partial charge in [-0.25, -0.2) is 9.98 Å². The number of aliphatic hydroxyl groups is 1. The third-order valence-electron chi connectivity index (χ3n) is 3.82. The van der Waals surface area contributed by atoms with Gasteiger partial charge in [0, 0.05) is 18.5 Å². The molecule has 0 amide bonds. The van der Waals surface area contributed by atoms with Gasteiger partial charge in [0.25, 0.3) is 0 Å². The monoisotopic (exact) mass is 376 g/mol. The largest absolute Gasteiger partial charge is 0.497 e. The number of rotatable bonds is 8. The molecule has 26 heavy (non-hydrogen) atoms. The lowest BCUT2D eigenvalue weighted by Gasteiger charge is -2.16. The van der Waals surface area contributed by atoms with Crippen LogP contribution >= 0.6 is 11.3 Å². The molecule has 3 N–H and O–H groups in total. The van der Waals surface area contributed by atoms with Crippen molar-refractivity contribution in [2.24, 2.45) is 4.99 Å². The third kappa shape index (κ3) is 6.00. The maximum absolute atomic E-state index is 10.4. The Morgan fingerprint density at radius 1 is 1.35 bits per heavy atom. The molecule has 1 aromatic carbocycles. The highest BCUT2D eigenvalue weighted by Gasteiger charge is 2.10. The first kappa shape index (κ1) is 20.2. The van der Waals surface area contributed by atoms with Crippen LogP contribution in [0.25, 0.3) is 0 Å². The summed E-state index contributed by atoms with van der Waals surface area (Å²) in [6.07, 6.45) is -0.652. The lowest BCUT2D eigenvalue weighted by Crippen LogP contribution is -2.39. The lowest BCUT2D eigenvalue weighted by atomic mass is 10.1. The van der Waals surface area contributed by atoms with Crippen LogP contribution in [-0.4, -0.2) is 36.2 Å². The predicted molar refractivity (Wildman–Crippen MR) is 107 cm³/mol. The van der Waals surface area contributed by atoms with Crippen LogP contribution < -0.4 is 15.4 Å². The van der Waals surface area contributed by atoms with Crippen molar-refractivity contribution >= 4 is 17.3 Å². The van der Waals surface area contributed by atoms with Gasteiger partial charge in [-0.1, -0.05) is 26.0 Å². The number of nitrogens with one attached hydrogen (secondary N) is 2. The highest BCUT2D eigenvalue weighted by Crippen LogP contribution is 2.19. The van der Waals surface area contributed by atoms with E-state index in [2.05, 4.69) is 39.8 Å². The van der Waals surface area contributed by atoms with Crippen molar-refractivity contribution in [3.63, 3.8) is 0 Å². The van der Waals surface area contributed by atoms with Gasteiger partial charge in [0.05, 0.1) is 25.5 Å². The summed E-state index contributed by atoms with van der Waals surface area (Å²) in [7, 11) is 1.61. The molecule has 0 spiro atoms. The lowest BCUT2D eigenvalue weighted by molar-refractivity contribution is 0.180. The summed E-state index contributed by atoms with van der Waals surface area (Å²) in [4.78, 5) is 9.16. The van der Waals surface area contributed by atoms with E-state index < -0.39 is 6.10 Å². The molecule has 0 saturated heterocycles. The molecule has 6 nitrogen and oxygen atoms in total. The minimum absolute atomic E-state index is 0.355. The minimum atomic E-state index is -0.652. The van der Waals surface area contributed by atoms with Crippen molar-refractivity contribution in [3.8, 4) is 5.75 Å². The number of hydrogen-bond acceptors (Lipinski definition) is 5. The topological polar surface area (TPSA) is 78.8 Å². The molecule has 0 bridgehead atoms. The summed E-state index contributed by atoms with van der Waals surface area (Å²) in [5.41, 5.74) is 1.90. The summed E-state index contributed by atoms with van der Waals surface area (Å²) in [5.74, 6) is 1.82. The maximum atomic E-state index is 10.4. The van der Waals surface area contributed by atoms with E-state index in [4.69, 9.17) is 4.74 Å². The number of hydrogen-bond donors (Lipinski definition) is 3. The van der Waals surface area contributed by atoms with Crippen LogP contribution in [0.1, 0.15) is 49.1 Å². The second kappa shape index (κ2) is 10.1.